The van der Waals surface area contributed by atoms with Crippen LogP contribution < -0.4 is 0 Å². The summed E-state index contributed by atoms with van der Waals surface area (Å²) in [6.45, 7) is 2.10. The van der Waals surface area contributed by atoms with Gasteiger partial charge in [0.15, 0.2) is 0 Å². The highest BCUT2D eigenvalue weighted by Gasteiger charge is 2.01. The van der Waals surface area contributed by atoms with E-state index < -0.39 is 0 Å². The fraction of sp³-hybridized carbons (Fsp3) is 0.111. The molecule has 0 N–H and O–H groups in total. The highest BCUT2D eigenvalue weighted by molar-refractivity contribution is 5.71. The van der Waals surface area contributed by atoms with Crippen molar-refractivity contribution in [2.24, 2.45) is 7.05 Å². The van der Waals surface area contributed by atoms with Gasteiger partial charge in [-0.05, 0) is 18.1 Å². The molecule has 3 nitrogen and oxygen atoms in total. The Morgan fingerprint density at radius 2 is 1.43 bits per heavy atom. The smallest absolute Gasteiger partial charge is 0.113 e. The Kier molecular flexibility index (Phi) is 3.65. The minimum atomic E-state index is 0.895. The molecule has 0 fully saturated rings. The Morgan fingerprint density at radius 1 is 0.857 bits per heavy atom. The number of aryl methyl sites for hydroxylation is 2. The van der Waals surface area contributed by atoms with Crippen LogP contribution in [0.3, 0.4) is 0 Å². The number of aromatic nitrogens is 3. The fourth-order valence-electron chi connectivity index (χ4n) is 2.11. The van der Waals surface area contributed by atoms with Gasteiger partial charge in [-0.25, -0.2) is 0 Å². The second-order valence-electron chi connectivity index (χ2n) is 5.14. The predicted octanol–water partition coefficient (Wildman–Crippen LogP) is 3.96. The van der Waals surface area contributed by atoms with E-state index in [-0.39, 0.29) is 0 Å². The van der Waals surface area contributed by atoms with Gasteiger partial charge in [-0.3, -0.25) is 4.68 Å². The van der Waals surface area contributed by atoms with Crippen LogP contribution in [0.4, 0.5) is 0 Å². The van der Waals surface area contributed by atoms with Crippen LogP contribution in [0.25, 0.3) is 23.4 Å². The van der Waals surface area contributed by atoms with E-state index in [0.29, 0.717) is 0 Å². The lowest BCUT2D eigenvalue weighted by atomic mass is 10.1. The van der Waals surface area contributed by atoms with Crippen LogP contribution in [-0.2, 0) is 7.05 Å². The van der Waals surface area contributed by atoms with Crippen LogP contribution in [0, 0.1) is 6.92 Å². The van der Waals surface area contributed by atoms with E-state index in [4.69, 9.17) is 0 Å². The van der Waals surface area contributed by atoms with Gasteiger partial charge >= 0.3 is 0 Å². The molecule has 0 saturated carbocycles. The van der Waals surface area contributed by atoms with E-state index in [1.807, 2.05) is 13.2 Å². The molecule has 0 saturated heterocycles. The summed E-state index contributed by atoms with van der Waals surface area (Å²) < 4.78 is 1.71. The molecule has 0 bridgehead atoms. The van der Waals surface area contributed by atoms with Crippen molar-refractivity contribution >= 4 is 12.2 Å². The van der Waals surface area contributed by atoms with Crippen LogP contribution >= 0.6 is 0 Å². The summed E-state index contributed by atoms with van der Waals surface area (Å²) in [5.74, 6) is 0. The topological polar surface area (TPSA) is 30.7 Å². The Morgan fingerprint density at radius 3 is 1.95 bits per heavy atom. The SMILES string of the molecule is Cc1ccc(/C=C/c2ccc(-c3cn(C)nn3)cc2)cc1. The average molecular weight is 275 g/mol. The van der Waals surface area contributed by atoms with Crippen molar-refractivity contribution in [3.05, 3.63) is 71.4 Å². The molecule has 0 amide bonds. The second kappa shape index (κ2) is 5.75. The van der Waals surface area contributed by atoms with E-state index in [9.17, 15) is 0 Å². The molecule has 1 heterocycles. The van der Waals surface area contributed by atoms with Gasteiger partial charge in [-0.15, -0.1) is 5.10 Å². The van der Waals surface area contributed by atoms with Crippen LogP contribution in [0.2, 0.25) is 0 Å². The van der Waals surface area contributed by atoms with Crippen LogP contribution in [0.1, 0.15) is 16.7 Å². The molecule has 1 aromatic heterocycles. The maximum atomic E-state index is 4.11. The second-order valence-corrected chi connectivity index (χ2v) is 5.14. The number of hydrogen-bond acceptors (Lipinski definition) is 2. The zero-order chi connectivity index (χ0) is 14.7. The lowest BCUT2D eigenvalue weighted by molar-refractivity contribution is 0.715. The summed E-state index contributed by atoms with van der Waals surface area (Å²) in [4.78, 5) is 0. The standard InChI is InChI=1S/C18H17N3/c1-14-3-5-15(6-4-14)7-8-16-9-11-17(12-10-16)18-13-21(2)20-19-18/h3-13H,1-2H3/b8-7+. The van der Waals surface area contributed by atoms with Gasteiger partial charge < -0.3 is 0 Å². The number of benzene rings is 2. The van der Waals surface area contributed by atoms with Gasteiger partial charge in [-0.1, -0.05) is 71.5 Å². The molecule has 3 aromatic rings. The third-order valence-corrected chi connectivity index (χ3v) is 3.35. The Hall–Kier alpha value is -2.68. The van der Waals surface area contributed by atoms with Crippen molar-refractivity contribution in [1.29, 1.82) is 0 Å². The molecule has 104 valence electrons. The lowest BCUT2D eigenvalue weighted by Gasteiger charge is -1.98. The average Bonchev–Trinajstić information content (AvgIpc) is 2.94. The van der Waals surface area contributed by atoms with Crippen molar-refractivity contribution in [2.75, 3.05) is 0 Å². The molecule has 0 spiro atoms. The zero-order valence-corrected chi connectivity index (χ0v) is 12.2. The summed E-state index contributed by atoms with van der Waals surface area (Å²) in [6, 6.07) is 16.8. The minimum Gasteiger partial charge on any atom is -0.255 e. The molecule has 2 aromatic carbocycles. The number of nitrogens with zero attached hydrogens (tertiary/aromatic N) is 3. The molecule has 0 unspecified atom stereocenters. The third kappa shape index (κ3) is 3.26. The van der Waals surface area contributed by atoms with Crippen molar-refractivity contribution in [3.63, 3.8) is 0 Å². The maximum absolute atomic E-state index is 4.11. The maximum Gasteiger partial charge on any atom is 0.113 e. The highest BCUT2D eigenvalue weighted by Crippen LogP contribution is 2.17. The van der Waals surface area contributed by atoms with Crippen molar-refractivity contribution in [3.8, 4) is 11.3 Å². The monoisotopic (exact) mass is 275 g/mol. The van der Waals surface area contributed by atoms with Crippen molar-refractivity contribution in [1.82, 2.24) is 15.0 Å². The van der Waals surface area contributed by atoms with Gasteiger partial charge in [0, 0.05) is 12.6 Å². The third-order valence-electron chi connectivity index (χ3n) is 3.35. The van der Waals surface area contributed by atoms with E-state index >= 15 is 0 Å². The highest BCUT2D eigenvalue weighted by atomic mass is 15.4. The molecule has 0 radical (unpaired) electrons. The predicted molar refractivity (Wildman–Crippen MR) is 86.5 cm³/mol. The Labute approximate surface area is 124 Å². The van der Waals surface area contributed by atoms with Crippen LogP contribution in [-0.4, -0.2) is 15.0 Å². The van der Waals surface area contributed by atoms with Gasteiger partial charge in [-0.2, -0.15) is 0 Å². The van der Waals surface area contributed by atoms with Crippen molar-refractivity contribution in [2.45, 2.75) is 6.92 Å². The first kappa shape index (κ1) is 13.3. The molecule has 21 heavy (non-hydrogen) atoms. The number of rotatable bonds is 3. The summed E-state index contributed by atoms with van der Waals surface area (Å²) in [6.07, 6.45) is 6.15. The fourth-order valence-corrected chi connectivity index (χ4v) is 2.11. The number of hydrogen-bond donors (Lipinski definition) is 0. The largest absolute Gasteiger partial charge is 0.255 e. The molecule has 3 rings (SSSR count). The summed E-state index contributed by atoms with van der Waals surface area (Å²) >= 11 is 0. The van der Waals surface area contributed by atoms with Gasteiger partial charge in [0.25, 0.3) is 0 Å². The first-order valence-corrected chi connectivity index (χ1v) is 6.92. The van der Waals surface area contributed by atoms with Gasteiger partial charge in [0.05, 0.1) is 6.20 Å². The van der Waals surface area contributed by atoms with E-state index in [2.05, 4.69) is 77.9 Å². The first-order valence-electron chi connectivity index (χ1n) is 6.92. The lowest BCUT2D eigenvalue weighted by Crippen LogP contribution is -1.85. The summed E-state index contributed by atoms with van der Waals surface area (Å²) in [5, 5.41) is 8.06. The van der Waals surface area contributed by atoms with Crippen LogP contribution in [0.15, 0.2) is 54.7 Å². The first-order chi connectivity index (χ1) is 10.2. The quantitative estimate of drug-likeness (QED) is 0.677. The zero-order valence-electron chi connectivity index (χ0n) is 12.2. The summed E-state index contributed by atoms with van der Waals surface area (Å²) in [7, 11) is 1.87. The molecule has 0 aliphatic carbocycles. The summed E-state index contributed by atoms with van der Waals surface area (Å²) in [5.41, 5.74) is 5.63. The van der Waals surface area contributed by atoms with E-state index in [1.54, 1.807) is 4.68 Å². The van der Waals surface area contributed by atoms with Crippen molar-refractivity contribution < 1.29 is 0 Å². The van der Waals surface area contributed by atoms with Gasteiger partial charge in [0.1, 0.15) is 5.69 Å². The normalized spacial score (nSPS) is 11.1. The molecular formula is C18H17N3. The van der Waals surface area contributed by atoms with Gasteiger partial charge in [0.2, 0.25) is 0 Å². The Bertz CT molecular complexity index is 750. The van der Waals surface area contributed by atoms with E-state index in [0.717, 1.165) is 11.3 Å². The molecular weight excluding hydrogens is 258 g/mol. The van der Waals surface area contributed by atoms with E-state index in [1.165, 1.54) is 16.7 Å². The molecule has 0 aliphatic rings. The molecule has 3 heteroatoms. The Balaban J connectivity index is 1.76. The minimum absolute atomic E-state index is 0.895. The molecule has 0 aliphatic heterocycles. The molecule has 0 atom stereocenters. The van der Waals surface area contributed by atoms with Crippen LogP contribution in [0.5, 0.6) is 0 Å².